The minimum atomic E-state index is -1.06. The van der Waals surface area contributed by atoms with Crippen molar-refractivity contribution in [2.24, 2.45) is 0 Å². The fraction of sp³-hybridized carbons (Fsp3) is 0.125. The molecule has 0 aliphatic heterocycles. The maximum absolute atomic E-state index is 13.0. The molecule has 5 heteroatoms. The Morgan fingerprint density at radius 2 is 2.08 bits per heavy atom. The molecule has 13 heavy (non-hydrogen) atoms. The molecule has 1 rings (SSSR count). The molecule has 0 saturated carbocycles. The van der Waals surface area contributed by atoms with Gasteiger partial charge in [-0.2, -0.15) is 0 Å². The van der Waals surface area contributed by atoms with Gasteiger partial charge in [-0.3, -0.25) is 4.79 Å². The van der Waals surface area contributed by atoms with Crippen LogP contribution in [0.3, 0.4) is 0 Å². The second kappa shape index (κ2) is 3.38. The first-order valence-electron chi connectivity index (χ1n) is 3.44. The van der Waals surface area contributed by atoms with Crippen LogP contribution in [0.2, 0.25) is 0 Å². The van der Waals surface area contributed by atoms with E-state index in [4.69, 9.17) is 5.73 Å². The van der Waals surface area contributed by atoms with Gasteiger partial charge in [-0.25, -0.2) is 8.78 Å². The molecule has 0 aliphatic carbocycles. The van der Waals surface area contributed by atoms with Crippen molar-refractivity contribution in [3.05, 3.63) is 23.8 Å². The summed E-state index contributed by atoms with van der Waals surface area (Å²) in [5, 5.41) is 0. The standard InChI is InChI=1S/C8H7F2NO2/c1-4(12)13-8-5(9)2-3-6(11)7(8)10/h2-3H,11H2,1H3. The summed E-state index contributed by atoms with van der Waals surface area (Å²) in [6.07, 6.45) is 0. The zero-order valence-corrected chi connectivity index (χ0v) is 6.80. The molecule has 0 fully saturated rings. The molecule has 0 aliphatic rings. The van der Waals surface area contributed by atoms with Crippen molar-refractivity contribution < 1.29 is 18.3 Å². The molecule has 0 amide bonds. The number of halogens is 2. The maximum atomic E-state index is 13.0. The lowest BCUT2D eigenvalue weighted by Gasteiger charge is -2.05. The van der Waals surface area contributed by atoms with Gasteiger partial charge in [-0.05, 0) is 12.1 Å². The van der Waals surface area contributed by atoms with Crippen LogP contribution in [0.25, 0.3) is 0 Å². The second-order valence-corrected chi connectivity index (χ2v) is 2.37. The number of carbonyl (C=O) groups is 1. The molecule has 0 heterocycles. The average Bonchev–Trinajstić information content (AvgIpc) is 2.05. The smallest absolute Gasteiger partial charge is 0.308 e. The molecule has 0 unspecified atom stereocenters. The Balaban J connectivity index is 3.17. The van der Waals surface area contributed by atoms with Gasteiger partial charge in [0.25, 0.3) is 0 Å². The van der Waals surface area contributed by atoms with E-state index < -0.39 is 23.4 Å². The molecule has 1 aromatic rings. The van der Waals surface area contributed by atoms with E-state index in [0.717, 1.165) is 19.1 Å². The lowest BCUT2D eigenvalue weighted by Crippen LogP contribution is -2.06. The van der Waals surface area contributed by atoms with Crippen molar-refractivity contribution in [3.63, 3.8) is 0 Å². The van der Waals surface area contributed by atoms with Crippen LogP contribution in [-0.2, 0) is 4.79 Å². The van der Waals surface area contributed by atoms with Gasteiger partial charge in [0.1, 0.15) is 0 Å². The number of hydrogen-bond donors (Lipinski definition) is 1. The Labute approximate surface area is 73.1 Å². The summed E-state index contributed by atoms with van der Waals surface area (Å²) >= 11 is 0. The number of nitrogen functional groups attached to an aromatic ring is 1. The van der Waals surface area contributed by atoms with E-state index >= 15 is 0 Å². The monoisotopic (exact) mass is 187 g/mol. The summed E-state index contributed by atoms with van der Waals surface area (Å²) in [6.45, 7) is 1.04. The van der Waals surface area contributed by atoms with Gasteiger partial charge in [0, 0.05) is 6.92 Å². The molecular weight excluding hydrogens is 180 g/mol. The molecule has 0 bridgehead atoms. The van der Waals surface area contributed by atoms with Crippen molar-refractivity contribution in [3.8, 4) is 5.75 Å². The number of ether oxygens (including phenoxy) is 1. The summed E-state index contributed by atoms with van der Waals surface area (Å²) in [5.74, 6) is -3.58. The number of rotatable bonds is 1. The van der Waals surface area contributed by atoms with Crippen molar-refractivity contribution in [1.82, 2.24) is 0 Å². The second-order valence-electron chi connectivity index (χ2n) is 2.37. The third-order valence-corrected chi connectivity index (χ3v) is 1.32. The first-order valence-corrected chi connectivity index (χ1v) is 3.44. The Bertz CT molecular complexity index is 352. The molecule has 0 atom stereocenters. The zero-order chi connectivity index (χ0) is 10.0. The van der Waals surface area contributed by atoms with Crippen LogP contribution >= 0.6 is 0 Å². The highest BCUT2D eigenvalue weighted by Gasteiger charge is 2.14. The van der Waals surface area contributed by atoms with Crippen LogP contribution in [0.4, 0.5) is 14.5 Å². The number of carbonyl (C=O) groups excluding carboxylic acids is 1. The van der Waals surface area contributed by atoms with Gasteiger partial charge in [0.05, 0.1) is 5.69 Å². The van der Waals surface area contributed by atoms with Crippen LogP contribution in [-0.4, -0.2) is 5.97 Å². The zero-order valence-electron chi connectivity index (χ0n) is 6.80. The Morgan fingerprint density at radius 3 is 2.62 bits per heavy atom. The third-order valence-electron chi connectivity index (χ3n) is 1.32. The SMILES string of the molecule is CC(=O)Oc1c(F)ccc(N)c1F. The number of hydrogen-bond acceptors (Lipinski definition) is 3. The highest BCUT2D eigenvalue weighted by Crippen LogP contribution is 2.25. The first kappa shape index (κ1) is 9.44. The Morgan fingerprint density at radius 1 is 1.46 bits per heavy atom. The van der Waals surface area contributed by atoms with Gasteiger partial charge in [0.15, 0.2) is 11.6 Å². The van der Waals surface area contributed by atoms with Crippen molar-refractivity contribution >= 4 is 11.7 Å². The largest absolute Gasteiger partial charge is 0.420 e. The quantitative estimate of drug-likeness (QED) is 0.411. The minimum absolute atomic E-state index is 0.266. The van der Waals surface area contributed by atoms with E-state index in [-0.39, 0.29) is 5.69 Å². The van der Waals surface area contributed by atoms with E-state index in [2.05, 4.69) is 4.74 Å². The minimum Gasteiger partial charge on any atom is -0.420 e. The van der Waals surface area contributed by atoms with Gasteiger partial charge < -0.3 is 10.5 Å². The van der Waals surface area contributed by atoms with Crippen molar-refractivity contribution in [1.29, 1.82) is 0 Å². The van der Waals surface area contributed by atoms with Crippen LogP contribution < -0.4 is 10.5 Å². The topological polar surface area (TPSA) is 52.3 Å². The van der Waals surface area contributed by atoms with Crippen molar-refractivity contribution in [2.75, 3.05) is 5.73 Å². The summed E-state index contributed by atoms with van der Waals surface area (Å²) < 4.78 is 30.1. The maximum Gasteiger partial charge on any atom is 0.308 e. The summed E-state index contributed by atoms with van der Waals surface area (Å²) in [4.78, 5) is 10.4. The summed E-state index contributed by atoms with van der Waals surface area (Å²) in [7, 11) is 0. The summed E-state index contributed by atoms with van der Waals surface area (Å²) in [6, 6.07) is 1.98. The fourth-order valence-electron chi connectivity index (χ4n) is 0.785. The highest BCUT2D eigenvalue weighted by molar-refractivity contribution is 5.70. The number of anilines is 1. The number of nitrogens with two attached hydrogens (primary N) is 1. The van der Waals surface area contributed by atoms with Crippen LogP contribution in [0.1, 0.15) is 6.92 Å². The molecular formula is C8H7F2NO2. The van der Waals surface area contributed by atoms with Crippen LogP contribution in [0.15, 0.2) is 12.1 Å². The predicted molar refractivity (Wildman–Crippen MR) is 42.1 cm³/mol. The third kappa shape index (κ3) is 1.93. The first-order chi connectivity index (χ1) is 6.02. The highest BCUT2D eigenvalue weighted by atomic mass is 19.1. The molecule has 1 aromatic carbocycles. The number of benzene rings is 1. The molecule has 0 saturated heterocycles. The number of esters is 1. The van der Waals surface area contributed by atoms with E-state index in [0.29, 0.717) is 0 Å². The van der Waals surface area contributed by atoms with Crippen molar-refractivity contribution in [2.45, 2.75) is 6.92 Å². The summed E-state index contributed by atoms with van der Waals surface area (Å²) in [5.41, 5.74) is 4.87. The lowest BCUT2D eigenvalue weighted by atomic mass is 10.3. The Hall–Kier alpha value is -1.65. The molecule has 0 radical (unpaired) electrons. The fourth-order valence-corrected chi connectivity index (χ4v) is 0.785. The van der Waals surface area contributed by atoms with Gasteiger partial charge >= 0.3 is 5.97 Å². The van der Waals surface area contributed by atoms with E-state index in [9.17, 15) is 13.6 Å². The molecule has 0 spiro atoms. The predicted octanol–water partition coefficient (Wildman–Crippen LogP) is 1.47. The normalized spacial score (nSPS) is 9.77. The molecule has 3 nitrogen and oxygen atoms in total. The van der Waals surface area contributed by atoms with Gasteiger partial charge in [-0.15, -0.1) is 0 Å². The average molecular weight is 187 g/mol. The van der Waals surface area contributed by atoms with Crippen LogP contribution in [0, 0.1) is 11.6 Å². The Kier molecular flexibility index (Phi) is 2.46. The van der Waals surface area contributed by atoms with Gasteiger partial charge in [0.2, 0.25) is 5.75 Å². The van der Waals surface area contributed by atoms with Crippen LogP contribution in [0.5, 0.6) is 5.75 Å². The molecule has 2 N–H and O–H groups in total. The van der Waals surface area contributed by atoms with E-state index in [1.807, 2.05) is 0 Å². The molecule has 0 aromatic heterocycles. The molecule has 70 valence electrons. The lowest BCUT2D eigenvalue weighted by molar-refractivity contribution is -0.132. The van der Waals surface area contributed by atoms with Gasteiger partial charge in [-0.1, -0.05) is 0 Å². The van der Waals surface area contributed by atoms with E-state index in [1.54, 1.807) is 0 Å². The van der Waals surface area contributed by atoms with E-state index in [1.165, 1.54) is 0 Å².